The molecule has 4 unspecified atom stereocenters. The van der Waals surface area contributed by atoms with E-state index in [0.29, 0.717) is 13.0 Å². The first kappa shape index (κ1) is 14.3. The second-order valence-corrected chi connectivity index (χ2v) is 6.08. The largest absolute Gasteiger partial charge is 0.351 e. The van der Waals surface area contributed by atoms with E-state index in [0.717, 1.165) is 25.7 Å². The third-order valence-corrected chi connectivity index (χ3v) is 4.67. The molecule has 0 radical (unpaired) electrons. The van der Waals surface area contributed by atoms with Gasteiger partial charge in [-0.25, -0.2) is 0 Å². The molecule has 5 nitrogen and oxygen atoms in total. The van der Waals surface area contributed by atoms with Crippen LogP contribution in [0.15, 0.2) is 0 Å². The van der Waals surface area contributed by atoms with Crippen molar-refractivity contribution in [2.24, 2.45) is 17.6 Å². The van der Waals surface area contributed by atoms with Crippen molar-refractivity contribution in [1.29, 1.82) is 0 Å². The van der Waals surface area contributed by atoms with Crippen LogP contribution >= 0.6 is 0 Å². The number of carbonyl (C=O) groups is 2. The summed E-state index contributed by atoms with van der Waals surface area (Å²) in [5, 5.41) is 3.10. The summed E-state index contributed by atoms with van der Waals surface area (Å²) in [6, 6.07) is 0.237. The van der Waals surface area contributed by atoms with Crippen molar-refractivity contribution in [2.75, 3.05) is 13.6 Å². The fourth-order valence-corrected chi connectivity index (χ4v) is 3.21. The molecule has 0 bridgehead atoms. The number of nitrogens with one attached hydrogen (secondary N) is 1. The molecular formula is C14H25N3O2. The van der Waals surface area contributed by atoms with Crippen LogP contribution in [0, 0.1) is 11.8 Å². The molecule has 0 spiro atoms. The van der Waals surface area contributed by atoms with Gasteiger partial charge in [-0.05, 0) is 25.2 Å². The molecule has 1 saturated heterocycles. The number of nitrogens with two attached hydrogens (primary N) is 1. The predicted octanol–water partition coefficient (Wildman–Crippen LogP) is 0.487. The van der Waals surface area contributed by atoms with Gasteiger partial charge in [0.1, 0.15) is 0 Å². The average Bonchev–Trinajstić information content (AvgIpc) is 2.37. The third-order valence-electron chi connectivity index (χ3n) is 4.67. The standard InChI is InChI=1S/C14H25N3O2/c1-9-11(4-3-5-12(9)15)14(19)16-10-6-7-13(18)17(2)8-10/h9-12H,3-8,15H2,1-2H3,(H,16,19). The normalized spacial score (nSPS) is 36.2. The van der Waals surface area contributed by atoms with Crippen LogP contribution in [0.4, 0.5) is 0 Å². The summed E-state index contributed by atoms with van der Waals surface area (Å²) >= 11 is 0. The summed E-state index contributed by atoms with van der Waals surface area (Å²) in [7, 11) is 1.79. The van der Waals surface area contributed by atoms with Gasteiger partial charge in [0.2, 0.25) is 11.8 Å². The van der Waals surface area contributed by atoms with E-state index in [1.54, 1.807) is 11.9 Å². The Kier molecular flexibility index (Phi) is 4.45. The number of nitrogens with zero attached hydrogens (tertiary/aromatic N) is 1. The van der Waals surface area contributed by atoms with Crippen molar-refractivity contribution in [3.8, 4) is 0 Å². The molecule has 0 aromatic rings. The highest BCUT2D eigenvalue weighted by atomic mass is 16.2. The van der Waals surface area contributed by atoms with Gasteiger partial charge in [0.15, 0.2) is 0 Å². The Hall–Kier alpha value is -1.10. The van der Waals surface area contributed by atoms with Crippen molar-refractivity contribution in [3.05, 3.63) is 0 Å². The monoisotopic (exact) mass is 267 g/mol. The van der Waals surface area contributed by atoms with Crippen LogP contribution in [0.25, 0.3) is 0 Å². The van der Waals surface area contributed by atoms with Crippen molar-refractivity contribution in [2.45, 2.75) is 51.1 Å². The first-order chi connectivity index (χ1) is 8.99. The maximum atomic E-state index is 12.3. The van der Waals surface area contributed by atoms with Gasteiger partial charge in [0.25, 0.3) is 0 Å². The lowest BCUT2D eigenvalue weighted by atomic mass is 9.76. The number of likely N-dealkylation sites (N-methyl/N-ethyl adjacent to an activating group) is 1. The molecule has 108 valence electrons. The van der Waals surface area contributed by atoms with Crippen LogP contribution in [-0.2, 0) is 9.59 Å². The smallest absolute Gasteiger partial charge is 0.223 e. The summed E-state index contributed by atoms with van der Waals surface area (Å²) < 4.78 is 0. The molecule has 4 atom stereocenters. The Labute approximate surface area is 114 Å². The number of carbonyl (C=O) groups excluding carboxylic acids is 2. The summed E-state index contributed by atoms with van der Waals surface area (Å²) in [6.45, 7) is 2.70. The molecule has 1 heterocycles. The van der Waals surface area contributed by atoms with Crippen molar-refractivity contribution in [3.63, 3.8) is 0 Å². The highest BCUT2D eigenvalue weighted by Gasteiger charge is 2.34. The second-order valence-electron chi connectivity index (χ2n) is 6.08. The number of rotatable bonds is 2. The van der Waals surface area contributed by atoms with Crippen molar-refractivity contribution >= 4 is 11.8 Å². The van der Waals surface area contributed by atoms with Crippen molar-refractivity contribution in [1.82, 2.24) is 10.2 Å². The minimum atomic E-state index is 0.0340. The van der Waals surface area contributed by atoms with E-state index in [2.05, 4.69) is 12.2 Å². The molecule has 2 fully saturated rings. The van der Waals surface area contributed by atoms with Crippen LogP contribution in [0.2, 0.25) is 0 Å². The number of likely N-dealkylation sites (tertiary alicyclic amines) is 1. The van der Waals surface area contributed by atoms with E-state index in [9.17, 15) is 9.59 Å². The lowest BCUT2D eigenvalue weighted by Crippen LogP contribution is -2.52. The van der Waals surface area contributed by atoms with Gasteiger partial charge in [-0.15, -0.1) is 0 Å². The maximum absolute atomic E-state index is 12.3. The van der Waals surface area contributed by atoms with Gasteiger partial charge in [-0.2, -0.15) is 0 Å². The topological polar surface area (TPSA) is 75.4 Å². The van der Waals surface area contributed by atoms with Gasteiger partial charge in [0.05, 0.1) is 0 Å². The molecule has 0 aromatic heterocycles. The van der Waals surface area contributed by atoms with E-state index in [4.69, 9.17) is 5.73 Å². The van der Waals surface area contributed by atoms with E-state index >= 15 is 0 Å². The Morgan fingerprint density at radius 2 is 2.11 bits per heavy atom. The lowest BCUT2D eigenvalue weighted by Gasteiger charge is -2.35. The van der Waals surface area contributed by atoms with Gasteiger partial charge in [-0.3, -0.25) is 9.59 Å². The summed E-state index contributed by atoms with van der Waals surface area (Å²) in [4.78, 5) is 25.5. The van der Waals surface area contributed by atoms with E-state index in [1.807, 2.05) is 0 Å². The van der Waals surface area contributed by atoms with Gasteiger partial charge >= 0.3 is 0 Å². The van der Waals surface area contributed by atoms with E-state index < -0.39 is 0 Å². The molecule has 2 aliphatic rings. The molecule has 1 aliphatic heterocycles. The molecule has 2 amide bonds. The molecule has 1 saturated carbocycles. The van der Waals surface area contributed by atoms with Crippen LogP contribution in [0.1, 0.15) is 39.0 Å². The number of piperidine rings is 1. The minimum Gasteiger partial charge on any atom is -0.351 e. The molecule has 1 aliphatic carbocycles. The molecule has 19 heavy (non-hydrogen) atoms. The SMILES string of the molecule is CC1C(N)CCCC1C(=O)NC1CCC(=O)N(C)C1. The first-order valence-electron chi connectivity index (χ1n) is 7.29. The van der Waals surface area contributed by atoms with Crippen LogP contribution < -0.4 is 11.1 Å². The zero-order valence-electron chi connectivity index (χ0n) is 11.9. The Morgan fingerprint density at radius 1 is 1.37 bits per heavy atom. The minimum absolute atomic E-state index is 0.0340. The highest BCUT2D eigenvalue weighted by Crippen LogP contribution is 2.29. The summed E-state index contributed by atoms with van der Waals surface area (Å²) in [5.74, 6) is 0.567. The first-order valence-corrected chi connectivity index (χ1v) is 7.29. The van der Waals surface area contributed by atoms with Crippen LogP contribution in [0.5, 0.6) is 0 Å². The molecule has 3 N–H and O–H groups in total. The molecule has 5 heteroatoms. The van der Waals surface area contributed by atoms with E-state index in [-0.39, 0.29) is 35.7 Å². The quantitative estimate of drug-likeness (QED) is 0.764. The average molecular weight is 267 g/mol. The second kappa shape index (κ2) is 5.90. The predicted molar refractivity (Wildman–Crippen MR) is 73.3 cm³/mol. The maximum Gasteiger partial charge on any atom is 0.223 e. The van der Waals surface area contributed by atoms with Crippen LogP contribution in [-0.4, -0.2) is 42.4 Å². The van der Waals surface area contributed by atoms with Gasteiger partial charge in [-0.1, -0.05) is 13.3 Å². The Balaban J connectivity index is 1.88. The highest BCUT2D eigenvalue weighted by molar-refractivity contribution is 5.80. The summed E-state index contributed by atoms with van der Waals surface area (Å²) in [6.07, 6.45) is 4.27. The fourth-order valence-electron chi connectivity index (χ4n) is 3.21. The van der Waals surface area contributed by atoms with Gasteiger partial charge in [0, 0.05) is 38.0 Å². The zero-order valence-corrected chi connectivity index (χ0v) is 11.9. The summed E-state index contributed by atoms with van der Waals surface area (Å²) in [5.41, 5.74) is 6.05. The molecule has 2 rings (SSSR count). The van der Waals surface area contributed by atoms with Gasteiger partial charge < -0.3 is 16.0 Å². The fraction of sp³-hybridized carbons (Fsp3) is 0.857. The Morgan fingerprint density at radius 3 is 2.79 bits per heavy atom. The third kappa shape index (κ3) is 3.26. The molecular weight excluding hydrogens is 242 g/mol. The lowest BCUT2D eigenvalue weighted by molar-refractivity contribution is -0.135. The Bertz CT molecular complexity index is 359. The zero-order chi connectivity index (χ0) is 14.0. The van der Waals surface area contributed by atoms with Crippen LogP contribution in [0.3, 0.4) is 0 Å². The van der Waals surface area contributed by atoms with Crippen molar-refractivity contribution < 1.29 is 9.59 Å². The van der Waals surface area contributed by atoms with E-state index in [1.165, 1.54) is 0 Å². The number of amides is 2. The number of hydrogen-bond donors (Lipinski definition) is 2. The molecule has 0 aromatic carbocycles. The number of hydrogen-bond acceptors (Lipinski definition) is 3.